The summed E-state index contributed by atoms with van der Waals surface area (Å²) in [6, 6.07) is 10.2. The number of nitrogens with zero attached hydrogens (tertiary/aromatic N) is 4. The number of methoxy groups -OCH3 is 1. The molecule has 0 aliphatic rings. The Morgan fingerprint density at radius 2 is 1.94 bits per heavy atom. The van der Waals surface area contributed by atoms with Gasteiger partial charge >= 0.3 is 0 Å². The van der Waals surface area contributed by atoms with Crippen molar-refractivity contribution in [3.63, 3.8) is 0 Å². The monoisotopic (exact) mass is 479 g/mol. The van der Waals surface area contributed by atoms with Gasteiger partial charge in [0.1, 0.15) is 5.69 Å². The molecule has 3 aromatic heterocycles. The third kappa shape index (κ3) is 4.67. The molecule has 1 amide bonds. The molecule has 0 fully saturated rings. The smallest absolute Gasteiger partial charge is 0.268 e. The first-order valence-corrected chi connectivity index (χ1v) is 12.1. The van der Waals surface area contributed by atoms with Gasteiger partial charge in [0.25, 0.3) is 5.56 Å². The fraction of sp³-hybridized carbons (Fsp3) is 0.360. The van der Waals surface area contributed by atoms with Gasteiger partial charge in [-0.3, -0.25) is 14.0 Å². The van der Waals surface area contributed by atoms with Crippen molar-refractivity contribution in [3.05, 3.63) is 68.7 Å². The Hall–Kier alpha value is -3.30. The van der Waals surface area contributed by atoms with Gasteiger partial charge in [-0.05, 0) is 43.5 Å². The van der Waals surface area contributed by atoms with E-state index in [1.165, 1.54) is 21.3 Å². The first-order chi connectivity index (χ1) is 16.3. The first-order valence-electron chi connectivity index (χ1n) is 11.2. The standard InChI is InChI=1S/C25H29N5O3S/c1-15(2)18-6-8-19(9-7-18)30-16(3)12-21(28-30)23-17(4)27-25-29(24(23)32)20(14-34-25)13-22(31)26-10-11-33-5/h6-9,12,14-15H,10-11,13H2,1-5H3,(H,26,31). The van der Waals surface area contributed by atoms with Crippen molar-refractivity contribution in [2.75, 3.05) is 20.3 Å². The zero-order valence-electron chi connectivity index (χ0n) is 20.1. The molecule has 9 heteroatoms. The lowest BCUT2D eigenvalue weighted by Crippen LogP contribution is -2.30. The predicted octanol–water partition coefficient (Wildman–Crippen LogP) is 3.65. The lowest BCUT2D eigenvalue weighted by molar-refractivity contribution is -0.120. The molecule has 1 N–H and O–H groups in total. The van der Waals surface area contributed by atoms with E-state index in [-0.39, 0.29) is 17.9 Å². The molecule has 0 saturated heterocycles. The number of benzene rings is 1. The van der Waals surface area contributed by atoms with Crippen LogP contribution >= 0.6 is 11.3 Å². The van der Waals surface area contributed by atoms with Crippen LogP contribution in [0.3, 0.4) is 0 Å². The maximum absolute atomic E-state index is 13.6. The Kier molecular flexibility index (Phi) is 6.95. The fourth-order valence-electron chi connectivity index (χ4n) is 3.90. The summed E-state index contributed by atoms with van der Waals surface area (Å²) in [7, 11) is 1.58. The molecular weight excluding hydrogens is 450 g/mol. The van der Waals surface area contributed by atoms with Gasteiger partial charge in [0.2, 0.25) is 5.91 Å². The van der Waals surface area contributed by atoms with Crippen LogP contribution in [0.1, 0.15) is 42.4 Å². The molecule has 0 aliphatic carbocycles. The van der Waals surface area contributed by atoms with Crippen LogP contribution in [-0.2, 0) is 16.0 Å². The summed E-state index contributed by atoms with van der Waals surface area (Å²) in [4.78, 5) is 31.1. The first kappa shape index (κ1) is 23.8. The normalized spacial score (nSPS) is 11.5. The molecule has 4 rings (SSSR count). The number of rotatable bonds is 8. The lowest BCUT2D eigenvalue weighted by atomic mass is 10.0. The van der Waals surface area contributed by atoms with E-state index in [2.05, 4.69) is 36.3 Å². The van der Waals surface area contributed by atoms with E-state index in [0.717, 1.165) is 11.4 Å². The SMILES string of the molecule is COCCNC(=O)Cc1csc2nc(C)c(-c3cc(C)n(-c4ccc(C(C)C)cc4)n3)c(=O)n12. The van der Waals surface area contributed by atoms with Crippen LogP contribution in [-0.4, -0.2) is 45.3 Å². The van der Waals surface area contributed by atoms with Crippen molar-refractivity contribution in [3.8, 4) is 16.9 Å². The molecule has 8 nitrogen and oxygen atoms in total. The van der Waals surface area contributed by atoms with Crippen LogP contribution in [0.25, 0.3) is 21.9 Å². The van der Waals surface area contributed by atoms with Crippen LogP contribution in [0.5, 0.6) is 0 Å². The van der Waals surface area contributed by atoms with Crippen LogP contribution in [0.2, 0.25) is 0 Å². The van der Waals surface area contributed by atoms with Gasteiger partial charge in [0, 0.05) is 30.4 Å². The summed E-state index contributed by atoms with van der Waals surface area (Å²) in [5.41, 5.74) is 5.12. The third-order valence-electron chi connectivity index (χ3n) is 5.74. The molecule has 0 bridgehead atoms. The van der Waals surface area contributed by atoms with Crippen LogP contribution in [0, 0.1) is 13.8 Å². The van der Waals surface area contributed by atoms with E-state index in [9.17, 15) is 9.59 Å². The highest BCUT2D eigenvalue weighted by Gasteiger charge is 2.20. The molecular formula is C25H29N5O3S. The minimum absolute atomic E-state index is 0.0868. The van der Waals surface area contributed by atoms with Crippen molar-refractivity contribution in [1.29, 1.82) is 0 Å². The Bertz CT molecular complexity index is 1380. The highest BCUT2D eigenvalue weighted by atomic mass is 32.1. The quantitative estimate of drug-likeness (QED) is 0.390. The number of aromatic nitrogens is 4. The Balaban J connectivity index is 1.71. The van der Waals surface area contributed by atoms with Crippen molar-refractivity contribution in [1.82, 2.24) is 24.5 Å². The highest BCUT2D eigenvalue weighted by Crippen LogP contribution is 2.24. The fourth-order valence-corrected chi connectivity index (χ4v) is 4.83. The number of carbonyl (C=O) groups is 1. The molecule has 0 spiro atoms. The number of thiazole rings is 1. The van der Waals surface area contributed by atoms with Gasteiger partial charge < -0.3 is 10.1 Å². The second-order valence-corrected chi connectivity index (χ2v) is 9.41. The second-order valence-electron chi connectivity index (χ2n) is 8.57. The Morgan fingerprint density at radius 3 is 2.62 bits per heavy atom. The van der Waals surface area contributed by atoms with Crippen molar-refractivity contribution < 1.29 is 9.53 Å². The summed E-state index contributed by atoms with van der Waals surface area (Å²) in [6.45, 7) is 8.96. The molecule has 3 heterocycles. The number of hydrogen-bond donors (Lipinski definition) is 1. The van der Waals surface area contributed by atoms with E-state index >= 15 is 0 Å². The number of hydrogen-bond acceptors (Lipinski definition) is 6. The number of fused-ring (bicyclic) bond motifs is 1. The van der Waals surface area contributed by atoms with Crippen LogP contribution in [0.4, 0.5) is 0 Å². The largest absolute Gasteiger partial charge is 0.383 e. The number of aryl methyl sites for hydroxylation is 2. The van der Waals surface area contributed by atoms with Gasteiger partial charge in [0.05, 0.1) is 30.0 Å². The van der Waals surface area contributed by atoms with Crippen molar-refractivity contribution >= 4 is 22.2 Å². The van der Waals surface area contributed by atoms with E-state index in [1.54, 1.807) is 7.11 Å². The predicted molar refractivity (Wildman–Crippen MR) is 134 cm³/mol. The topological polar surface area (TPSA) is 90.5 Å². The molecule has 0 saturated carbocycles. The third-order valence-corrected chi connectivity index (χ3v) is 6.61. The van der Waals surface area contributed by atoms with E-state index < -0.39 is 0 Å². The summed E-state index contributed by atoms with van der Waals surface area (Å²) in [5, 5.41) is 9.35. The van der Waals surface area contributed by atoms with Gasteiger partial charge in [-0.15, -0.1) is 11.3 Å². The van der Waals surface area contributed by atoms with Crippen LogP contribution in [0.15, 0.2) is 40.5 Å². The summed E-state index contributed by atoms with van der Waals surface area (Å²) in [6.07, 6.45) is 0.0868. The Morgan fingerprint density at radius 1 is 1.21 bits per heavy atom. The van der Waals surface area contributed by atoms with Gasteiger partial charge in [-0.1, -0.05) is 26.0 Å². The second kappa shape index (κ2) is 9.90. The molecule has 0 atom stereocenters. The Labute approximate surface area is 202 Å². The molecule has 1 aromatic carbocycles. The maximum Gasteiger partial charge on any atom is 0.268 e. The molecule has 34 heavy (non-hydrogen) atoms. The zero-order chi connectivity index (χ0) is 24.4. The molecule has 0 aliphatic heterocycles. The average molecular weight is 480 g/mol. The summed E-state index contributed by atoms with van der Waals surface area (Å²) >= 11 is 1.35. The number of amides is 1. The number of nitrogens with one attached hydrogen (secondary N) is 1. The van der Waals surface area contributed by atoms with Crippen molar-refractivity contribution in [2.24, 2.45) is 0 Å². The van der Waals surface area contributed by atoms with E-state index in [1.807, 2.05) is 42.1 Å². The maximum atomic E-state index is 13.6. The number of ether oxygens (including phenoxy) is 1. The van der Waals surface area contributed by atoms with Gasteiger partial charge in [-0.25, -0.2) is 9.67 Å². The van der Waals surface area contributed by atoms with E-state index in [4.69, 9.17) is 9.84 Å². The van der Waals surface area contributed by atoms with Gasteiger partial charge in [0.15, 0.2) is 4.96 Å². The number of carbonyl (C=O) groups excluding carboxylic acids is 1. The molecule has 0 radical (unpaired) electrons. The zero-order valence-corrected chi connectivity index (χ0v) is 20.9. The average Bonchev–Trinajstić information content (AvgIpc) is 3.37. The highest BCUT2D eigenvalue weighted by molar-refractivity contribution is 7.15. The summed E-state index contributed by atoms with van der Waals surface area (Å²) < 4.78 is 8.33. The molecule has 4 aromatic rings. The van der Waals surface area contributed by atoms with Crippen molar-refractivity contribution in [2.45, 2.75) is 40.0 Å². The van der Waals surface area contributed by atoms with E-state index in [0.29, 0.717) is 46.7 Å². The van der Waals surface area contributed by atoms with Crippen LogP contribution < -0.4 is 10.9 Å². The van der Waals surface area contributed by atoms with Gasteiger partial charge in [-0.2, -0.15) is 5.10 Å². The minimum Gasteiger partial charge on any atom is -0.383 e. The lowest BCUT2D eigenvalue weighted by Gasteiger charge is -2.08. The molecule has 178 valence electrons. The molecule has 0 unspecified atom stereocenters. The minimum atomic E-state index is -0.219. The summed E-state index contributed by atoms with van der Waals surface area (Å²) in [5.74, 6) is 0.279.